The van der Waals surface area contributed by atoms with Gasteiger partial charge in [-0.2, -0.15) is 0 Å². The van der Waals surface area contributed by atoms with E-state index in [1.165, 1.54) is 6.07 Å². The topological polar surface area (TPSA) is 63.4 Å². The predicted octanol–water partition coefficient (Wildman–Crippen LogP) is 3.18. The molecule has 4 heteroatoms. The number of benzene rings is 1. The zero-order chi connectivity index (χ0) is 13.5. The first-order valence-corrected chi connectivity index (χ1v) is 5.77. The van der Waals surface area contributed by atoms with Crippen LogP contribution < -0.4 is 0 Å². The van der Waals surface area contributed by atoms with E-state index in [4.69, 9.17) is 0 Å². The summed E-state index contributed by atoms with van der Waals surface area (Å²) >= 11 is 0. The van der Waals surface area contributed by atoms with Crippen LogP contribution in [0.1, 0.15) is 18.9 Å². The van der Waals surface area contributed by atoms with Crippen LogP contribution >= 0.6 is 0 Å². The number of rotatable bonds is 6. The zero-order valence-corrected chi connectivity index (χ0v) is 10.3. The Balaban J connectivity index is 2.73. The summed E-state index contributed by atoms with van der Waals surface area (Å²) < 4.78 is 0. The molecule has 0 aliphatic carbocycles. The van der Waals surface area contributed by atoms with Crippen LogP contribution in [-0.4, -0.2) is 16.1 Å². The molecule has 0 aromatic heterocycles. The van der Waals surface area contributed by atoms with Crippen molar-refractivity contribution in [2.45, 2.75) is 19.4 Å². The molecule has 96 valence electrons. The monoisotopic (exact) mass is 247 g/mol. The Labute approximate surface area is 106 Å². The van der Waals surface area contributed by atoms with Gasteiger partial charge in [0.25, 0.3) is 5.69 Å². The molecule has 1 aromatic rings. The summed E-state index contributed by atoms with van der Waals surface area (Å²) in [6.07, 6.45) is 5.02. The van der Waals surface area contributed by atoms with Crippen LogP contribution in [-0.2, 0) is 0 Å². The van der Waals surface area contributed by atoms with Gasteiger partial charge in [-0.05, 0) is 18.4 Å². The fourth-order valence-corrected chi connectivity index (χ4v) is 1.50. The first-order chi connectivity index (χ1) is 8.56. The molecule has 0 spiro atoms. The summed E-state index contributed by atoms with van der Waals surface area (Å²) in [6.45, 7) is 5.48. The van der Waals surface area contributed by atoms with Crippen molar-refractivity contribution in [2.24, 2.45) is 5.92 Å². The van der Waals surface area contributed by atoms with Crippen LogP contribution in [0.2, 0.25) is 0 Å². The largest absolute Gasteiger partial charge is 0.392 e. The Hall–Kier alpha value is -1.94. The van der Waals surface area contributed by atoms with E-state index in [9.17, 15) is 15.2 Å². The van der Waals surface area contributed by atoms with Gasteiger partial charge in [0.2, 0.25) is 0 Å². The van der Waals surface area contributed by atoms with Crippen LogP contribution in [0.3, 0.4) is 0 Å². The zero-order valence-electron chi connectivity index (χ0n) is 10.3. The Morgan fingerprint density at radius 3 is 2.78 bits per heavy atom. The highest BCUT2D eigenvalue weighted by atomic mass is 16.6. The fourth-order valence-electron chi connectivity index (χ4n) is 1.50. The molecule has 0 unspecified atom stereocenters. The molecule has 0 bridgehead atoms. The van der Waals surface area contributed by atoms with Gasteiger partial charge in [0.05, 0.1) is 16.6 Å². The van der Waals surface area contributed by atoms with Crippen molar-refractivity contribution in [3.8, 4) is 0 Å². The van der Waals surface area contributed by atoms with E-state index >= 15 is 0 Å². The van der Waals surface area contributed by atoms with E-state index in [0.29, 0.717) is 12.0 Å². The van der Waals surface area contributed by atoms with Crippen molar-refractivity contribution in [3.05, 3.63) is 58.7 Å². The number of para-hydroxylation sites is 1. The predicted molar refractivity (Wildman–Crippen MR) is 72.1 cm³/mol. The molecule has 18 heavy (non-hydrogen) atoms. The van der Waals surface area contributed by atoms with Gasteiger partial charge in [0, 0.05) is 6.07 Å². The number of nitro groups is 1. The Kier molecular flexibility index (Phi) is 5.27. The first-order valence-electron chi connectivity index (χ1n) is 5.77. The smallest absolute Gasteiger partial charge is 0.276 e. The highest BCUT2D eigenvalue weighted by Gasteiger charge is 2.11. The summed E-state index contributed by atoms with van der Waals surface area (Å²) in [5.74, 6) is 0.000379. The summed E-state index contributed by atoms with van der Waals surface area (Å²) in [4.78, 5) is 10.4. The summed E-state index contributed by atoms with van der Waals surface area (Å²) in [5.41, 5.74) is 0.612. The van der Waals surface area contributed by atoms with Crippen molar-refractivity contribution in [1.82, 2.24) is 0 Å². The number of nitrogens with zero attached hydrogens (tertiary/aromatic N) is 1. The summed E-state index contributed by atoms with van der Waals surface area (Å²) in [5, 5.41) is 20.5. The second kappa shape index (κ2) is 6.71. The van der Waals surface area contributed by atoms with E-state index < -0.39 is 11.0 Å². The molecular formula is C14H17NO3. The molecule has 4 nitrogen and oxygen atoms in total. The molecule has 1 aromatic carbocycles. The highest BCUT2D eigenvalue weighted by Crippen LogP contribution is 2.19. The average Bonchev–Trinajstić information content (AvgIpc) is 2.38. The van der Waals surface area contributed by atoms with Crippen LogP contribution in [0, 0.1) is 16.0 Å². The standard InChI is InChI=1S/C14H17NO3/c1-3-11(2)14(16)10-6-8-12-7-4-5-9-13(12)15(17)18/h3-9,11,14,16H,1,10H2,2H3/b8-6+/t11-,14-/m1/s1. The second-order valence-electron chi connectivity index (χ2n) is 4.12. The number of hydrogen-bond donors (Lipinski definition) is 1. The van der Waals surface area contributed by atoms with Crippen molar-refractivity contribution < 1.29 is 10.0 Å². The molecule has 1 N–H and O–H groups in total. The van der Waals surface area contributed by atoms with E-state index in [1.807, 2.05) is 6.92 Å². The lowest BCUT2D eigenvalue weighted by Crippen LogP contribution is -2.13. The van der Waals surface area contributed by atoms with Gasteiger partial charge in [-0.3, -0.25) is 10.1 Å². The maximum atomic E-state index is 10.8. The first kappa shape index (κ1) is 14.1. The maximum Gasteiger partial charge on any atom is 0.276 e. The van der Waals surface area contributed by atoms with E-state index in [-0.39, 0.29) is 11.6 Å². The Bertz CT molecular complexity index is 454. The molecule has 0 aliphatic rings. The van der Waals surface area contributed by atoms with Gasteiger partial charge in [0.15, 0.2) is 0 Å². The number of nitro benzene ring substituents is 1. The molecule has 0 saturated carbocycles. The molecule has 0 fully saturated rings. The van der Waals surface area contributed by atoms with Gasteiger partial charge < -0.3 is 5.11 Å². The van der Waals surface area contributed by atoms with Crippen LogP contribution in [0.5, 0.6) is 0 Å². The van der Waals surface area contributed by atoms with Gasteiger partial charge in [-0.25, -0.2) is 0 Å². The summed E-state index contributed by atoms with van der Waals surface area (Å²) in [7, 11) is 0. The quantitative estimate of drug-likeness (QED) is 0.477. The fraction of sp³-hybridized carbons (Fsp3) is 0.286. The minimum atomic E-state index is -0.512. The van der Waals surface area contributed by atoms with Gasteiger partial charge in [-0.1, -0.05) is 37.3 Å². The highest BCUT2D eigenvalue weighted by molar-refractivity contribution is 5.60. The van der Waals surface area contributed by atoms with Crippen LogP contribution in [0.15, 0.2) is 43.0 Å². The van der Waals surface area contributed by atoms with Gasteiger partial charge in [0.1, 0.15) is 0 Å². The minimum Gasteiger partial charge on any atom is -0.392 e. The lowest BCUT2D eigenvalue weighted by Gasteiger charge is -2.12. The third kappa shape index (κ3) is 3.82. The van der Waals surface area contributed by atoms with Crippen LogP contribution in [0.25, 0.3) is 6.08 Å². The Morgan fingerprint density at radius 1 is 1.50 bits per heavy atom. The van der Waals surface area contributed by atoms with Crippen molar-refractivity contribution in [3.63, 3.8) is 0 Å². The molecule has 2 atom stereocenters. The third-order valence-corrected chi connectivity index (χ3v) is 2.79. The van der Waals surface area contributed by atoms with E-state index in [2.05, 4.69) is 6.58 Å². The summed E-state index contributed by atoms with van der Waals surface area (Å²) in [6, 6.07) is 6.51. The van der Waals surface area contributed by atoms with Gasteiger partial charge in [-0.15, -0.1) is 6.58 Å². The van der Waals surface area contributed by atoms with Crippen molar-refractivity contribution >= 4 is 11.8 Å². The molecular weight excluding hydrogens is 230 g/mol. The second-order valence-corrected chi connectivity index (χ2v) is 4.12. The van der Waals surface area contributed by atoms with Crippen LogP contribution in [0.4, 0.5) is 5.69 Å². The number of hydrogen-bond acceptors (Lipinski definition) is 3. The van der Waals surface area contributed by atoms with E-state index in [0.717, 1.165) is 0 Å². The molecule has 0 saturated heterocycles. The molecule has 0 aliphatic heterocycles. The molecule has 0 heterocycles. The van der Waals surface area contributed by atoms with Crippen molar-refractivity contribution in [1.29, 1.82) is 0 Å². The third-order valence-electron chi connectivity index (χ3n) is 2.79. The number of aliphatic hydroxyl groups is 1. The molecule has 0 amide bonds. The lowest BCUT2D eigenvalue weighted by molar-refractivity contribution is -0.385. The maximum absolute atomic E-state index is 10.8. The number of aliphatic hydroxyl groups excluding tert-OH is 1. The van der Waals surface area contributed by atoms with E-state index in [1.54, 1.807) is 36.4 Å². The molecule has 0 radical (unpaired) electrons. The van der Waals surface area contributed by atoms with Crippen molar-refractivity contribution in [2.75, 3.05) is 0 Å². The SMILES string of the molecule is C=C[C@@H](C)[C@H](O)C/C=C/c1ccccc1[N+](=O)[O-]. The molecule has 1 rings (SSSR count). The van der Waals surface area contributed by atoms with Gasteiger partial charge >= 0.3 is 0 Å². The average molecular weight is 247 g/mol. The lowest BCUT2D eigenvalue weighted by atomic mass is 10.0. The normalized spacial score (nSPS) is 14.3. The minimum absolute atomic E-state index is 0.000379. The Morgan fingerprint density at radius 2 is 2.17 bits per heavy atom.